The third-order valence-electron chi connectivity index (χ3n) is 4.70. The molecule has 2 aromatic carbocycles. The van der Waals surface area contributed by atoms with E-state index in [1.54, 1.807) is 16.8 Å². The zero-order chi connectivity index (χ0) is 21.0. The van der Waals surface area contributed by atoms with Gasteiger partial charge in [-0.1, -0.05) is 65.4 Å². The number of hydrogen-bond donors (Lipinski definition) is 0. The Morgan fingerprint density at radius 1 is 0.903 bits per heavy atom. The normalized spacial score (nSPS) is 11.1. The number of hydrogen-bond acceptors (Lipinski definition) is 7. The highest BCUT2D eigenvalue weighted by Gasteiger charge is 2.15. The number of rotatable bonds is 6. The first-order valence-corrected chi connectivity index (χ1v) is 10.7. The minimum absolute atomic E-state index is 0.0725. The second-order valence-corrected chi connectivity index (χ2v) is 7.75. The zero-order valence-electron chi connectivity index (χ0n) is 16.4. The average Bonchev–Trinajstić information content (AvgIpc) is 3.30. The van der Waals surface area contributed by atoms with Crippen LogP contribution in [0.15, 0.2) is 93.5 Å². The van der Waals surface area contributed by atoms with E-state index < -0.39 is 0 Å². The van der Waals surface area contributed by atoms with Crippen LogP contribution in [-0.4, -0.2) is 24.7 Å². The van der Waals surface area contributed by atoms with Crippen LogP contribution >= 0.6 is 11.8 Å². The van der Waals surface area contributed by atoms with Crippen molar-refractivity contribution in [2.45, 2.75) is 17.5 Å². The quantitative estimate of drug-likeness (QED) is 0.297. The molecular formula is C23H17N5O2S. The van der Waals surface area contributed by atoms with Crippen LogP contribution in [0, 0.1) is 0 Å². The van der Waals surface area contributed by atoms with Gasteiger partial charge in [0.2, 0.25) is 11.7 Å². The lowest BCUT2D eigenvalue weighted by atomic mass is 10.2. The van der Waals surface area contributed by atoms with Gasteiger partial charge in [0.25, 0.3) is 5.56 Å². The first-order chi connectivity index (χ1) is 15.3. The number of nitrogens with zero attached hydrogens (tertiary/aromatic N) is 5. The predicted molar refractivity (Wildman–Crippen MR) is 119 cm³/mol. The first-order valence-electron chi connectivity index (χ1n) is 9.68. The molecule has 0 unspecified atom stereocenters. The molecule has 7 nitrogen and oxygen atoms in total. The number of benzene rings is 2. The van der Waals surface area contributed by atoms with Crippen LogP contribution in [0.1, 0.15) is 11.5 Å². The number of thioether (sulfide) groups is 1. The molecule has 0 atom stereocenters. The topological polar surface area (TPSA) is 86.7 Å². The van der Waals surface area contributed by atoms with E-state index in [9.17, 15) is 4.79 Å². The molecule has 0 aliphatic heterocycles. The van der Waals surface area contributed by atoms with Crippen LogP contribution in [0.5, 0.6) is 0 Å². The molecule has 0 radical (unpaired) electrons. The lowest BCUT2D eigenvalue weighted by Crippen LogP contribution is -2.24. The Morgan fingerprint density at radius 3 is 2.55 bits per heavy atom. The minimum Gasteiger partial charge on any atom is -0.338 e. The summed E-state index contributed by atoms with van der Waals surface area (Å²) in [5.41, 5.74) is 2.27. The van der Waals surface area contributed by atoms with Crippen molar-refractivity contribution in [1.29, 1.82) is 0 Å². The molecule has 3 aromatic heterocycles. The van der Waals surface area contributed by atoms with Gasteiger partial charge in [0.05, 0.1) is 23.2 Å². The second-order valence-electron chi connectivity index (χ2n) is 6.80. The van der Waals surface area contributed by atoms with Crippen LogP contribution < -0.4 is 5.56 Å². The second kappa shape index (κ2) is 8.53. The monoisotopic (exact) mass is 427 g/mol. The molecule has 5 aromatic rings. The summed E-state index contributed by atoms with van der Waals surface area (Å²) in [6.07, 6.45) is 1.68. The Labute approximate surface area is 181 Å². The van der Waals surface area contributed by atoms with Gasteiger partial charge in [-0.15, -0.1) is 0 Å². The average molecular weight is 427 g/mol. The molecule has 0 saturated carbocycles. The molecule has 152 valence electrons. The summed E-state index contributed by atoms with van der Waals surface area (Å²) < 4.78 is 7.07. The largest absolute Gasteiger partial charge is 0.338 e. The third kappa shape index (κ3) is 4.10. The number of para-hydroxylation sites is 1. The van der Waals surface area contributed by atoms with Gasteiger partial charge in [-0.25, -0.2) is 4.98 Å². The van der Waals surface area contributed by atoms with E-state index in [-0.39, 0.29) is 5.56 Å². The van der Waals surface area contributed by atoms with Crippen molar-refractivity contribution in [3.63, 3.8) is 0 Å². The number of aromatic nitrogens is 5. The molecule has 0 amide bonds. The molecule has 0 spiro atoms. The fraction of sp³-hybridized carbons (Fsp3) is 0.0870. The Balaban J connectivity index is 1.47. The van der Waals surface area contributed by atoms with Crippen molar-refractivity contribution >= 4 is 22.7 Å². The lowest BCUT2D eigenvalue weighted by molar-refractivity contribution is 0.391. The standard InChI is InChI=1S/C23H17N5O2S/c29-22-17-10-4-5-11-18(17)25-23(28(22)14-16-8-2-1-3-9-16)31-15-20-26-21(27-30-20)19-12-6-7-13-24-19/h1-13H,14-15H2. The van der Waals surface area contributed by atoms with E-state index in [0.717, 1.165) is 5.56 Å². The Morgan fingerprint density at radius 2 is 1.71 bits per heavy atom. The Hall–Kier alpha value is -3.78. The van der Waals surface area contributed by atoms with Crippen LogP contribution in [0.3, 0.4) is 0 Å². The van der Waals surface area contributed by atoms with Crippen molar-refractivity contribution in [3.8, 4) is 11.5 Å². The molecule has 0 aliphatic carbocycles. The van der Waals surface area contributed by atoms with Gasteiger partial charge in [-0.05, 0) is 29.8 Å². The van der Waals surface area contributed by atoms with E-state index in [4.69, 9.17) is 9.51 Å². The van der Waals surface area contributed by atoms with Crippen LogP contribution in [0.2, 0.25) is 0 Å². The van der Waals surface area contributed by atoms with Crippen molar-refractivity contribution in [1.82, 2.24) is 24.7 Å². The molecule has 0 bridgehead atoms. The summed E-state index contributed by atoms with van der Waals surface area (Å²) in [5.74, 6) is 1.27. The lowest BCUT2D eigenvalue weighted by Gasteiger charge is -2.12. The highest BCUT2D eigenvalue weighted by molar-refractivity contribution is 7.98. The van der Waals surface area contributed by atoms with Gasteiger partial charge in [0.1, 0.15) is 5.69 Å². The SMILES string of the molecule is O=c1c2ccccc2nc(SCc2nc(-c3ccccn3)no2)n1Cc1ccccc1. The van der Waals surface area contributed by atoms with E-state index in [2.05, 4.69) is 15.1 Å². The van der Waals surface area contributed by atoms with Crippen LogP contribution in [-0.2, 0) is 12.3 Å². The number of fused-ring (bicyclic) bond motifs is 1. The van der Waals surface area contributed by atoms with Gasteiger partial charge in [0, 0.05) is 6.20 Å². The van der Waals surface area contributed by atoms with Gasteiger partial charge < -0.3 is 4.52 Å². The molecule has 0 N–H and O–H groups in total. The van der Waals surface area contributed by atoms with Crippen molar-refractivity contribution in [3.05, 3.63) is 101 Å². The Kier molecular flexibility index (Phi) is 5.28. The zero-order valence-corrected chi connectivity index (χ0v) is 17.2. The van der Waals surface area contributed by atoms with E-state index >= 15 is 0 Å². The van der Waals surface area contributed by atoms with E-state index in [0.29, 0.717) is 45.8 Å². The van der Waals surface area contributed by atoms with Gasteiger partial charge in [0.15, 0.2) is 5.16 Å². The van der Waals surface area contributed by atoms with Crippen LogP contribution in [0.4, 0.5) is 0 Å². The molecule has 0 aliphatic rings. The van der Waals surface area contributed by atoms with Crippen LogP contribution in [0.25, 0.3) is 22.4 Å². The fourth-order valence-corrected chi connectivity index (χ4v) is 4.04. The third-order valence-corrected chi connectivity index (χ3v) is 5.66. The van der Waals surface area contributed by atoms with Gasteiger partial charge in [-0.3, -0.25) is 14.3 Å². The molecule has 8 heteroatoms. The summed E-state index contributed by atoms with van der Waals surface area (Å²) in [6.45, 7) is 0.433. The molecular weight excluding hydrogens is 410 g/mol. The Bertz CT molecular complexity index is 1380. The summed E-state index contributed by atoms with van der Waals surface area (Å²) in [7, 11) is 0. The summed E-state index contributed by atoms with van der Waals surface area (Å²) >= 11 is 1.39. The van der Waals surface area contributed by atoms with Gasteiger partial charge in [-0.2, -0.15) is 4.98 Å². The van der Waals surface area contributed by atoms with Crippen molar-refractivity contribution in [2.24, 2.45) is 0 Å². The minimum atomic E-state index is -0.0725. The summed E-state index contributed by atoms with van der Waals surface area (Å²) in [6, 6.07) is 22.8. The molecule has 0 fully saturated rings. The molecule has 0 saturated heterocycles. The fourth-order valence-electron chi connectivity index (χ4n) is 3.20. The summed E-state index contributed by atoms with van der Waals surface area (Å²) in [5, 5.41) is 5.20. The van der Waals surface area contributed by atoms with Crippen molar-refractivity contribution < 1.29 is 4.52 Å². The molecule has 3 heterocycles. The van der Waals surface area contributed by atoms with E-state index in [1.807, 2.05) is 66.7 Å². The first kappa shape index (κ1) is 19.2. The van der Waals surface area contributed by atoms with E-state index in [1.165, 1.54) is 11.8 Å². The maximum absolute atomic E-state index is 13.2. The van der Waals surface area contributed by atoms with Gasteiger partial charge >= 0.3 is 0 Å². The smallest absolute Gasteiger partial charge is 0.262 e. The summed E-state index contributed by atoms with van der Waals surface area (Å²) in [4.78, 5) is 26.6. The van der Waals surface area contributed by atoms with Crippen molar-refractivity contribution in [2.75, 3.05) is 0 Å². The maximum atomic E-state index is 13.2. The highest BCUT2D eigenvalue weighted by atomic mass is 32.2. The molecule has 5 rings (SSSR count). The molecule has 31 heavy (non-hydrogen) atoms. The maximum Gasteiger partial charge on any atom is 0.262 e. The number of pyridine rings is 1. The highest BCUT2D eigenvalue weighted by Crippen LogP contribution is 2.23. The predicted octanol–water partition coefficient (Wildman–Crippen LogP) is 4.18.